The molecule has 1 aromatic rings. The second-order valence-electron chi connectivity index (χ2n) is 4.48. The van der Waals surface area contributed by atoms with Crippen LogP contribution >= 0.6 is 0 Å². The van der Waals surface area contributed by atoms with Gasteiger partial charge >= 0.3 is 0 Å². The van der Waals surface area contributed by atoms with Gasteiger partial charge in [0.2, 0.25) is 5.95 Å². The Morgan fingerprint density at radius 1 is 1.47 bits per heavy atom. The van der Waals surface area contributed by atoms with E-state index in [-0.39, 0.29) is 0 Å². The van der Waals surface area contributed by atoms with E-state index in [9.17, 15) is 0 Å². The lowest BCUT2D eigenvalue weighted by Gasteiger charge is -2.16. The molecule has 1 aliphatic rings. The van der Waals surface area contributed by atoms with Gasteiger partial charge in [0.25, 0.3) is 0 Å². The lowest BCUT2D eigenvalue weighted by molar-refractivity contribution is 0.161. The first kappa shape index (κ1) is 12.3. The van der Waals surface area contributed by atoms with Crippen molar-refractivity contribution in [3.63, 3.8) is 0 Å². The molecule has 1 saturated heterocycles. The number of ether oxygens (including phenoxy) is 1. The Labute approximate surface area is 102 Å². The van der Waals surface area contributed by atoms with Crippen molar-refractivity contribution in [2.24, 2.45) is 5.92 Å². The molecular formula is C12H20N4O. The van der Waals surface area contributed by atoms with E-state index in [1.54, 1.807) is 7.11 Å². The fourth-order valence-corrected chi connectivity index (χ4v) is 2.19. The number of nitrogens with zero attached hydrogens (tertiary/aromatic N) is 3. The SMILES string of the molecule is CNCc1cnc(N2CCC(COC)C2)nc1. The molecule has 0 aromatic carbocycles. The zero-order valence-corrected chi connectivity index (χ0v) is 10.5. The third kappa shape index (κ3) is 3.14. The number of aromatic nitrogens is 2. The summed E-state index contributed by atoms with van der Waals surface area (Å²) in [5.74, 6) is 1.45. The molecule has 5 nitrogen and oxygen atoms in total. The summed E-state index contributed by atoms with van der Waals surface area (Å²) in [6.07, 6.45) is 4.94. The van der Waals surface area contributed by atoms with Gasteiger partial charge in [-0.1, -0.05) is 0 Å². The first-order valence-corrected chi connectivity index (χ1v) is 6.03. The summed E-state index contributed by atoms with van der Waals surface area (Å²) in [6.45, 7) is 3.67. The maximum absolute atomic E-state index is 5.19. The molecule has 0 amide bonds. The van der Waals surface area contributed by atoms with Crippen LogP contribution in [0.4, 0.5) is 5.95 Å². The van der Waals surface area contributed by atoms with Crippen LogP contribution in [0.5, 0.6) is 0 Å². The molecule has 2 rings (SSSR count). The number of nitrogens with one attached hydrogen (secondary N) is 1. The van der Waals surface area contributed by atoms with E-state index in [4.69, 9.17) is 4.74 Å². The highest BCUT2D eigenvalue weighted by Gasteiger charge is 2.23. The standard InChI is InChI=1S/C12H20N4O/c1-13-5-11-6-14-12(15-7-11)16-4-3-10(8-16)9-17-2/h6-7,10,13H,3-5,8-9H2,1-2H3. The molecule has 1 N–H and O–H groups in total. The van der Waals surface area contributed by atoms with E-state index in [2.05, 4.69) is 20.2 Å². The summed E-state index contributed by atoms with van der Waals surface area (Å²) in [5, 5.41) is 3.09. The third-order valence-corrected chi connectivity index (χ3v) is 3.04. The molecule has 1 aromatic heterocycles. The summed E-state index contributed by atoms with van der Waals surface area (Å²) in [7, 11) is 3.68. The van der Waals surface area contributed by atoms with Gasteiger partial charge in [-0.15, -0.1) is 0 Å². The van der Waals surface area contributed by atoms with Crippen molar-refractivity contribution in [1.82, 2.24) is 15.3 Å². The first-order chi connectivity index (χ1) is 8.33. The predicted octanol–water partition coefficient (Wildman–Crippen LogP) is 0.669. The van der Waals surface area contributed by atoms with Crippen molar-refractivity contribution in [3.05, 3.63) is 18.0 Å². The Hall–Kier alpha value is -1.20. The molecule has 1 atom stereocenters. The number of hydrogen-bond acceptors (Lipinski definition) is 5. The highest BCUT2D eigenvalue weighted by Crippen LogP contribution is 2.20. The van der Waals surface area contributed by atoms with E-state index in [0.717, 1.165) is 44.2 Å². The smallest absolute Gasteiger partial charge is 0.225 e. The van der Waals surface area contributed by atoms with Crippen LogP contribution in [0.25, 0.3) is 0 Å². The number of anilines is 1. The molecule has 0 spiro atoms. The van der Waals surface area contributed by atoms with Crippen molar-refractivity contribution >= 4 is 5.95 Å². The summed E-state index contributed by atoms with van der Waals surface area (Å²) in [5.41, 5.74) is 1.11. The van der Waals surface area contributed by atoms with Crippen molar-refractivity contribution in [2.75, 3.05) is 38.8 Å². The molecule has 0 saturated carbocycles. The van der Waals surface area contributed by atoms with E-state index < -0.39 is 0 Å². The normalized spacial score (nSPS) is 19.9. The van der Waals surface area contributed by atoms with E-state index in [1.807, 2.05) is 19.4 Å². The summed E-state index contributed by atoms with van der Waals surface area (Å²) < 4.78 is 5.19. The van der Waals surface area contributed by atoms with Crippen LogP contribution in [0, 0.1) is 5.92 Å². The zero-order chi connectivity index (χ0) is 12.1. The van der Waals surface area contributed by atoms with Gasteiger partial charge in [0.1, 0.15) is 0 Å². The first-order valence-electron chi connectivity index (χ1n) is 6.03. The topological polar surface area (TPSA) is 50.3 Å². The maximum atomic E-state index is 5.19. The summed E-state index contributed by atoms with van der Waals surface area (Å²) in [4.78, 5) is 11.0. The van der Waals surface area contributed by atoms with Gasteiger partial charge in [-0.25, -0.2) is 9.97 Å². The fourth-order valence-electron chi connectivity index (χ4n) is 2.19. The fraction of sp³-hybridized carbons (Fsp3) is 0.667. The van der Waals surface area contributed by atoms with Crippen molar-refractivity contribution < 1.29 is 4.74 Å². The maximum Gasteiger partial charge on any atom is 0.225 e. The summed E-state index contributed by atoms with van der Waals surface area (Å²) in [6, 6.07) is 0. The van der Waals surface area contributed by atoms with Crippen LogP contribution in [-0.4, -0.2) is 43.8 Å². The molecule has 1 aliphatic heterocycles. The second kappa shape index (κ2) is 5.93. The lowest BCUT2D eigenvalue weighted by Crippen LogP contribution is -2.23. The largest absolute Gasteiger partial charge is 0.384 e. The Balaban J connectivity index is 1.94. The molecule has 2 heterocycles. The molecule has 0 aliphatic carbocycles. The molecular weight excluding hydrogens is 216 g/mol. The Morgan fingerprint density at radius 2 is 2.24 bits per heavy atom. The molecule has 0 bridgehead atoms. The van der Waals surface area contributed by atoms with Gasteiger partial charge < -0.3 is 15.0 Å². The number of rotatable bonds is 5. The molecule has 0 radical (unpaired) electrons. The molecule has 17 heavy (non-hydrogen) atoms. The minimum absolute atomic E-state index is 0.612. The van der Waals surface area contributed by atoms with Crippen LogP contribution in [-0.2, 0) is 11.3 Å². The number of methoxy groups -OCH3 is 1. The average molecular weight is 236 g/mol. The van der Waals surface area contributed by atoms with Gasteiger partial charge in [0, 0.05) is 50.6 Å². The predicted molar refractivity (Wildman–Crippen MR) is 67.0 cm³/mol. The van der Waals surface area contributed by atoms with E-state index in [1.165, 1.54) is 0 Å². The summed E-state index contributed by atoms with van der Waals surface area (Å²) >= 11 is 0. The van der Waals surface area contributed by atoms with Gasteiger partial charge in [-0.3, -0.25) is 0 Å². The molecule has 94 valence electrons. The molecule has 1 unspecified atom stereocenters. The Bertz CT molecular complexity index is 341. The van der Waals surface area contributed by atoms with Crippen molar-refractivity contribution in [2.45, 2.75) is 13.0 Å². The minimum atomic E-state index is 0.612. The van der Waals surface area contributed by atoms with Crippen molar-refractivity contribution in [3.8, 4) is 0 Å². The Kier molecular flexibility index (Phi) is 4.28. The average Bonchev–Trinajstić information content (AvgIpc) is 2.80. The number of hydrogen-bond donors (Lipinski definition) is 1. The Morgan fingerprint density at radius 3 is 2.88 bits per heavy atom. The van der Waals surface area contributed by atoms with E-state index in [0.29, 0.717) is 5.92 Å². The van der Waals surface area contributed by atoms with Crippen LogP contribution < -0.4 is 10.2 Å². The van der Waals surface area contributed by atoms with Gasteiger partial charge in [-0.05, 0) is 13.5 Å². The third-order valence-electron chi connectivity index (χ3n) is 3.04. The highest BCUT2D eigenvalue weighted by atomic mass is 16.5. The van der Waals surface area contributed by atoms with Gasteiger partial charge in [0.05, 0.1) is 6.61 Å². The minimum Gasteiger partial charge on any atom is -0.384 e. The van der Waals surface area contributed by atoms with Gasteiger partial charge in [0.15, 0.2) is 0 Å². The van der Waals surface area contributed by atoms with Crippen LogP contribution in [0.3, 0.4) is 0 Å². The van der Waals surface area contributed by atoms with Crippen LogP contribution in [0.15, 0.2) is 12.4 Å². The van der Waals surface area contributed by atoms with Crippen molar-refractivity contribution in [1.29, 1.82) is 0 Å². The molecule has 1 fully saturated rings. The highest BCUT2D eigenvalue weighted by molar-refractivity contribution is 5.31. The monoisotopic (exact) mass is 236 g/mol. The molecule has 5 heteroatoms. The lowest BCUT2D eigenvalue weighted by atomic mass is 10.1. The van der Waals surface area contributed by atoms with E-state index >= 15 is 0 Å². The second-order valence-corrected chi connectivity index (χ2v) is 4.48. The zero-order valence-electron chi connectivity index (χ0n) is 10.5. The van der Waals surface area contributed by atoms with Crippen LogP contribution in [0.1, 0.15) is 12.0 Å². The quantitative estimate of drug-likeness (QED) is 0.814. The van der Waals surface area contributed by atoms with Gasteiger partial charge in [-0.2, -0.15) is 0 Å². The van der Waals surface area contributed by atoms with Crippen LogP contribution in [0.2, 0.25) is 0 Å².